The van der Waals surface area contributed by atoms with Crippen LogP contribution in [0.4, 0.5) is 5.69 Å². The quantitative estimate of drug-likeness (QED) is 0.109. The third-order valence-corrected chi connectivity index (χ3v) is 8.73. The highest BCUT2D eigenvalue weighted by Gasteiger charge is 2.41. The molecule has 5 rings (SSSR count). The van der Waals surface area contributed by atoms with E-state index in [0.717, 1.165) is 0 Å². The number of nitro groups is 1. The topological polar surface area (TPSA) is 211 Å². The zero-order valence-electron chi connectivity index (χ0n) is 32.4. The molecule has 0 amide bonds. The maximum absolute atomic E-state index is 12.9. The molecule has 0 saturated heterocycles. The molecule has 292 valence electrons. The molecule has 2 unspecified atom stereocenters. The van der Waals surface area contributed by atoms with Gasteiger partial charge in [0.2, 0.25) is 0 Å². The maximum Gasteiger partial charge on any atom is 0.337 e. The van der Waals surface area contributed by atoms with Crippen molar-refractivity contribution in [3.8, 4) is 0 Å². The van der Waals surface area contributed by atoms with Gasteiger partial charge < -0.3 is 29.6 Å². The molecule has 16 heteroatoms. The van der Waals surface area contributed by atoms with E-state index in [9.17, 15) is 29.3 Å². The lowest BCUT2D eigenvalue weighted by Gasteiger charge is -2.30. The van der Waals surface area contributed by atoms with Gasteiger partial charge in [-0.2, -0.15) is 0 Å². The number of allylic oxidation sites excluding steroid dienone is 4. The van der Waals surface area contributed by atoms with E-state index in [4.69, 9.17) is 23.6 Å². The summed E-state index contributed by atoms with van der Waals surface area (Å²) in [6.45, 7) is 14.4. The number of aromatic nitrogens is 2. The molecule has 2 N–H and O–H groups in total. The molecule has 0 fully saturated rings. The second kappa shape index (κ2) is 17.7. The van der Waals surface area contributed by atoms with Gasteiger partial charge in [0, 0.05) is 34.4 Å². The number of hydrogen-bond acceptors (Lipinski definition) is 15. The fraction of sp³-hybridized carbons (Fsp3) is 0.385. The lowest BCUT2D eigenvalue weighted by molar-refractivity contribution is -0.385. The standard InChI is InChI=1S/C20H24N2O6.C19H21N3O5/c1-11(2)10-28-20(24)17-13(4)21-12(3)16(19(23)27-5)18(17)14-8-6-7-9-15(14)22(25)26;1-9(2)26-19(24)15-11(4)20-10(3)14(18(23)25-5)16(15)12-7-6-8-13-17(12)22-27-21-13/h6-9,11,18,21H,10H2,1-5H3;6-9,16,20H,1-5H3. The summed E-state index contributed by atoms with van der Waals surface area (Å²) in [5.74, 6) is -3.94. The van der Waals surface area contributed by atoms with Crippen molar-refractivity contribution in [1.29, 1.82) is 0 Å². The zero-order chi connectivity index (χ0) is 40.7. The van der Waals surface area contributed by atoms with Crippen molar-refractivity contribution in [2.45, 2.75) is 73.3 Å². The number of carbonyl (C=O) groups is 4. The van der Waals surface area contributed by atoms with Crippen molar-refractivity contribution >= 4 is 40.6 Å². The number of dihydropyridines is 2. The van der Waals surface area contributed by atoms with E-state index < -0.39 is 40.6 Å². The van der Waals surface area contributed by atoms with E-state index in [1.807, 2.05) is 13.8 Å². The van der Waals surface area contributed by atoms with Gasteiger partial charge in [0.25, 0.3) is 5.69 Å². The molecule has 2 atom stereocenters. The molecule has 0 radical (unpaired) electrons. The Labute approximate surface area is 317 Å². The molecule has 55 heavy (non-hydrogen) atoms. The van der Waals surface area contributed by atoms with Crippen molar-refractivity contribution in [3.63, 3.8) is 0 Å². The summed E-state index contributed by atoms with van der Waals surface area (Å²) in [6, 6.07) is 11.3. The SMILES string of the molecule is COC(=O)C1=C(C)NC(C)=C(C(=O)OC(C)C)C1c1cccc2nonc12.COC(=O)C1=C(C)NC(C)=C(C(=O)OCC(C)C)C1c1ccccc1[N+](=O)[O-]. The molecule has 3 heterocycles. The normalized spacial score (nSPS) is 17.0. The number of carbonyl (C=O) groups excluding carboxylic acids is 4. The summed E-state index contributed by atoms with van der Waals surface area (Å²) in [7, 11) is 2.52. The molecule has 2 aromatic carbocycles. The summed E-state index contributed by atoms with van der Waals surface area (Å²) in [6.07, 6.45) is -0.309. The van der Waals surface area contributed by atoms with Crippen molar-refractivity contribution in [2.75, 3.05) is 20.8 Å². The van der Waals surface area contributed by atoms with Crippen LogP contribution in [0.25, 0.3) is 11.0 Å². The van der Waals surface area contributed by atoms with Crippen LogP contribution in [0.1, 0.15) is 78.4 Å². The lowest BCUT2D eigenvalue weighted by Crippen LogP contribution is -2.33. The Bertz CT molecular complexity index is 2140. The van der Waals surface area contributed by atoms with E-state index in [1.165, 1.54) is 32.4 Å². The minimum absolute atomic E-state index is 0.114. The Morgan fingerprint density at radius 2 is 1.22 bits per heavy atom. The number of para-hydroxylation sites is 1. The lowest BCUT2D eigenvalue weighted by atomic mass is 9.79. The number of ether oxygens (including phenoxy) is 4. The minimum atomic E-state index is -0.977. The minimum Gasteiger partial charge on any atom is -0.466 e. The Kier molecular flexibility index (Phi) is 13.3. The van der Waals surface area contributed by atoms with Gasteiger partial charge in [-0.3, -0.25) is 10.1 Å². The van der Waals surface area contributed by atoms with Crippen LogP contribution in [0.5, 0.6) is 0 Å². The highest BCUT2D eigenvalue weighted by Crippen LogP contribution is 2.43. The molecule has 2 aliphatic rings. The Hall–Kier alpha value is -6.32. The number of esters is 4. The van der Waals surface area contributed by atoms with Crippen LogP contribution in [0.15, 0.2) is 92.2 Å². The van der Waals surface area contributed by atoms with Gasteiger partial charge in [0.15, 0.2) is 0 Å². The van der Waals surface area contributed by atoms with E-state index in [-0.39, 0.29) is 41.0 Å². The molecule has 0 aliphatic carbocycles. The molecule has 0 saturated carbocycles. The van der Waals surface area contributed by atoms with Crippen LogP contribution >= 0.6 is 0 Å². The number of hydrogen-bond donors (Lipinski definition) is 2. The summed E-state index contributed by atoms with van der Waals surface area (Å²) < 4.78 is 25.5. The van der Waals surface area contributed by atoms with Gasteiger partial charge in [-0.1, -0.05) is 44.2 Å². The van der Waals surface area contributed by atoms with Gasteiger partial charge in [0.05, 0.1) is 66.0 Å². The van der Waals surface area contributed by atoms with Crippen LogP contribution < -0.4 is 10.6 Å². The first kappa shape index (κ1) is 41.4. The third-order valence-electron chi connectivity index (χ3n) is 8.73. The van der Waals surface area contributed by atoms with Crippen LogP contribution in [0, 0.1) is 16.0 Å². The van der Waals surface area contributed by atoms with Gasteiger partial charge in [0.1, 0.15) is 11.0 Å². The summed E-state index contributed by atoms with van der Waals surface area (Å²) >= 11 is 0. The van der Waals surface area contributed by atoms with Gasteiger partial charge >= 0.3 is 23.9 Å². The molecular weight excluding hydrogens is 714 g/mol. The van der Waals surface area contributed by atoms with Crippen LogP contribution in [0.3, 0.4) is 0 Å². The summed E-state index contributed by atoms with van der Waals surface area (Å²) in [5, 5.41) is 25.5. The van der Waals surface area contributed by atoms with Crippen molar-refractivity contribution in [3.05, 3.63) is 109 Å². The number of nitrogens with zero attached hydrogens (tertiary/aromatic N) is 3. The molecule has 3 aromatic rings. The smallest absolute Gasteiger partial charge is 0.337 e. The summed E-state index contributed by atoms with van der Waals surface area (Å²) in [4.78, 5) is 61.9. The molecule has 0 bridgehead atoms. The second-order valence-electron chi connectivity index (χ2n) is 13.5. The average Bonchev–Trinajstić information content (AvgIpc) is 3.62. The van der Waals surface area contributed by atoms with Gasteiger partial charge in [-0.25, -0.2) is 23.8 Å². The number of methoxy groups -OCH3 is 2. The van der Waals surface area contributed by atoms with E-state index >= 15 is 0 Å². The first-order valence-corrected chi connectivity index (χ1v) is 17.4. The Morgan fingerprint density at radius 1 is 0.727 bits per heavy atom. The number of benzene rings is 2. The van der Waals surface area contributed by atoms with Gasteiger partial charge in [-0.15, -0.1) is 0 Å². The third kappa shape index (κ3) is 8.91. The molecular formula is C39H45N5O11. The Morgan fingerprint density at radius 3 is 1.73 bits per heavy atom. The van der Waals surface area contributed by atoms with Crippen LogP contribution in [0.2, 0.25) is 0 Å². The average molecular weight is 760 g/mol. The van der Waals surface area contributed by atoms with Gasteiger partial charge in [-0.05, 0) is 69.4 Å². The summed E-state index contributed by atoms with van der Waals surface area (Å²) in [5.41, 5.74) is 4.72. The fourth-order valence-corrected chi connectivity index (χ4v) is 6.47. The first-order chi connectivity index (χ1) is 26.0. The van der Waals surface area contributed by atoms with E-state index in [0.29, 0.717) is 50.5 Å². The highest BCUT2D eigenvalue weighted by molar-refractivity contribution is 6.02. The van der Waals surface area contributed by atoms with Crippen molar-refractivity contribution in [2.24, 2.45) is 5.92 Å². The number of nitro benzene ring substituents is 1. The monoisotopic (exact) mass is 759 g/mol. The number of rotatable bonds is 10. The number of fused-ring (bicyclic) bond motifs is 1. The van der Waals surface area contributed by atoms with Crippen LogP contribution in [-0.4, -0.2) is 66.0 Å². The van der Waals surface area contributed by atoms with Crippen molar-refractivity contribution < 1.29 is 47.7 Å². The molecule has 0 spiro atoms. The molecule has 1 aromatic heterocycles. The highest BCUT2D eigenvalue weighted by atomic mass is 16.6. The zero-order valence-corrected chi connectivity index (χ0v) is 32.4. The first-order valence-electron chi connectivity index (χ1n) is 17.4. The second-order valence-corrected chi connectivity index (χ2v) is 13.5. The van der Waals surface area contributed by atoms with E-state index in [2.05, 4.69) is 20.9 Å². The molecule has 16 nitrogen and oxygen atoms in total. The Balaban J connectivity index is 0.000000245. The van der Waals surface area contributed by atoms with Crippen molar-refractivity contribution in [1.82, 2.24) is 20.9 Å². The largest absolute Gasteiger partial charge is 0.466 e. The predicted molar refractivity (Wildman–Crippen MR) is 199 cm³/mol. The predicted octanol–water partition coefficient (Wildman–Crippen LogP) is 5.78. The number of nitrogens with one attached hydrogen (secondary N) is 2. The fourth-order valence-electron chi connectivity index (χ4n) is 6.47. The molecule has 2 aliphatic heterocycles. The van der Waals surface area contributed by atoms with E-state index in [1.54, 1.807) is 65.8 Å². The van der Waals surface area contributed by atoms with Crippen LogP contribution in [-0.2, 0) is 38.1 Å². The maximum atomic E-state index is 12.9.